The number of hydrogen-bond acceptors (Lipinski definition) is 4. The van der Waals surface area contributed by atoms with Crippen LogP contribution < -0.4 is 5.73 Å². The van der Waals surface area contributed by atoms with E-state index < -0.39 is 5.60 Å². The Kier molecular flexibility index (Phi) is 3.94. The van der Waals surface area contributed by atoms with Gasteiger partial charge in [-0.15, -0.1) is 0 Å². The molecule has 0 aliphatic heterocycles. The number of rotatable bonds is 3. The number of pyridine rings is 1. The molecule has 0 spiro atoms. The molecule has 0 aliphatic carbocycles. The summed E-state index contributed by atoms with van der Waals surface area (Å²) >= 11 is 0.599. The predicted molar refractivity (Wildman–Crippen MR) is 88.6 cm³/mol. The van der Waals surface area contributed by atoms with Crippen LogP contribution in [0.2, 0.25) is 0 Å². The number of ether oxygens (including phenoxy) is 1. The van der Waals surface area contributed by atoms with Crippen LogP contribution >= 0.6 is 0 Å². The minimum atomic E-state index is -0.434. The Hall–Kier alpha value is -1.48. The number of fused-ring (bicyclic) bond motifs is 1. The van der Waals surface area contributed by atoms with Crippen molar-refractivity contribution < 1.29 is 4.74 Å². The van der Waals surface area contributed by atoms with Crippen LogP contribution in [0.25, 0.3) is 22.2 Å². The molecule has 0 amide bonds. The van der Waals surface area contributed by atoms with E-state index in [1.165, 1.54) is 0 Å². The van der Waals surface area contributed by atoms with Crippen molar-refractivity contribution in [3.63, 3.8) is 0 Å². The molecule has 2 aromatic heterocycles. The molecule has 3 rings (SSSR count). The Bertz CT molecular complexity index is 841. The van der Waals surface area contributed by atoms with Gasteiger partial charge in [-0.05, 0) is 0 Å². The summed E-state index contributed by atoms with van der Waals surface area (Å²) < 4.78 is 7.56. The first-order chi connectivity index (χ1) is 10.4. The molecule has 0 unspecified atom stereocenters. The van der Waals surface area contributed by atoms with E-state index in [-0.39, 0.29) is 0 Å². The van der Waals surface area contributed by atoms with Crippen molar-refractivity contribution in [1.29, 1.82) is 0 Å². The first-order valence-electron chi connectivity index (χ1n) is 6.98. The second-order valence-electron chi connectivity index (χ2n) is 5.71. The molecule has 0 fully saturated rings. The van der Waals surface area contributed by atoms with Gasteiger partial charge in [-0.25, -0.2) is 0 Å². The number of anilines is 1. The number of nitrogen functional groups attached to an aromatic ring is 1. The third-order valence-electron chi connectivity index (χ3n) is 3.89. The SMILES string of the molecule is COC(C)(C)c1cc(-c2n[n]([Tl])c3ccc(N)cc23)ccn1. The van der Waals surface area contributed by atoms with Crippen LogP contribution in [0.15, 0.2) is 36.5 Å². The van der Waals surface area contributed by atoms with Gasteiger partial charge in [-0.2, -0.15) is 0 Å². The summed E-state index contributed by atoms with van der Waals surface area (Å²) in [7, 11) is 1.69. The van der Waals surface area contributed by atoms with Gasteiger partial charge in [0.1, 0.15) is 0 Å². The number of benzene rings is 1. The van der Waals surface area contributed by atoms with Crippen LogP contribution in [0.3, 0.4) is 0 Å². The van der Waals surface area contributed by atoms with Gasteiger partial charge < -0.3 is 0 Å². The number of methoxy groups -OCH3 is 1. The van der Waals surface area contributed by atoms with Gasteiger partial charge in [-0.3, -0.25) is 0 Å². The molecule has 1 aromatic carbocycles. The van der Waals surface area contributed by atoms with Crippen molar-refractivity contribution in [2.75, 3.05) is 12.8 Å². The van der Waals surface area contributed by atoms with Gasteiger partial charge in [0.05, 0.1) is 0 Å². The molecule has 5 nitrogen and oxygen atoms in total. The summed E-state index contributed by atoms with van der Waals surface area (Å²) in [4.78, 5) is 4.44. The summed E-state index contributed by atoms with van der Waals surface area (Å²) in [5.41, 5.74) is 10.2. The molecule has 2 heterocycles. The zero-order chi connectivity index (χ0) is 15.9. The number of nitrogens with two attached hydrogens (primary N) is 1. The van der Waals surface area contributed by atoms with Crippen molar-refractivity contribution in [2.24, 2.45) is 0 Å². The van der Waals surface area contributed by atoms with Gasteiger partial charge in [0, 0.05) is 0 Å². The zero-order valence-electron chi connectivity index (χ0n) is 12.9. The molecule has 0 radical (unpaired) electrons. The molecule has 3 aromatic rings. The Labute approximate surface area is 145 Å². The summed E-state index contributed by atoms with van der Waals surface area (Å²) in [6.07, 6.45) is 1.80. The quantitative estimate of drug-likeness (QED) is 0.457. The molecule has 6 heteroatoms. The average molecular weight is 486 g/mol. The van der Waals surface area contributed by atoms with E-state index in [0.29, 0.717) is 26.1 Å². The molecule has 22 heavy (non-hydrogen) atoms. The number of aromatic nitrogens is 3. The van der Waals surface area contributed by atoms with E-state index in [9.17, 15) is 0 Å². The van der Waals surface area contributed by atoms with E-state index in [2.05, 4.69) is 4.98 Å². The molecule has 0 saturated carbocycles. The van der Waals surface area contributed by atoms with E-state index in [1.54, 1.807) is 13.3 Å². The maximum atomic E-state index is 5.95. The van der Waals surface area contributed by atoms with E-state index >= 15 is 0 Å². The molecule has 0 saturated heterocycles. The Morgan fingerprint density at radius 2 is 2.00 bits per heavy atom. The maximum absolute atomic E-state index is 5.95. The fourth-order valence-corrected chi connectivity index (χ4v) is 3.71. The van der Waals surface area contributed by atoms with Gasteiger partial charge >= 0.3 is 146 Å². The number of hydrogen-bond donors (Lipinski definition) is 1. The van der Waals surface area contributed by atoms with Crippen LogP contribution in [-0.2, 0) is 10.3 Å². The third kappa shape index (κ3) is 2.63. The molecule has 0 atom stereocenters. The van der Waals surface area contributed by atoms with Crippen LogP contribution in [0, 0.1) is 0 Å². The van der Waals surface area contributed by atoms with E-state index in [4.69, 9.17) is 15.6 Å². The Balaban J connectivity index is 2.20. The normalized spacial score (nSPS) is 11.9. The van der Waals surface area contributed by atoms with Gasteiger partial charge in [0.2, 0.25) is 0 Å². The van der Waals surface area contributed by atoms with Gasteiger partial charge in [0.25, 0.3) is 0 Å². The monoisotopic (exact) mass is 486 g/mol. The Morgan fingerprint density at radius 1 is 1.23 bits per heavy atom. The van der Waals surface area contributed by atoms with Crippen molar-refractivity contribution in [1.82, 2.24) is 12.6 Å². The van der Waals surface area contributed by atoms with Crippen molar-refractivity contribution >= 4 is 42.7 Å². The van der Waals surface area contributed by atoms with Crippen LogP contribution in [-0.4, -0.2) is 45.7 Å². The van der Waals surface area contributed by atoms with Crippen molar-refractivity contribution in [3.8, 4) is 11.3 Å². The standard InChI is InChI=1S/C16H17N4O.Tl/c1-16(2,21-3)14-8-10(6-7-18-14)15-12-9-11(17)4-5-13(12)19-20-15;/h4-9H,17H2,1-3H3;/q-1;+1. The summed E-state index contributed by atoms with van der Waals surface area (Å²) in [6, 6.07) is 9.95. The second-order valence-corrected chi connectivity index (χ2v) is 7.62. The van der Waals surface area contributed by atoms with Gasteiger partial charge in [-0.1, -0.05) is 0 Å². The first kappa shape index (κ1) is 15.4. The van der Waals surface area contributed by atoms with Crippen LogP contribution in [0.1, 0.15) is 19.5 Å². The van der Waals surface area contributed by atoms with Crippen molar-refractivity contribution in [2.45, 2.75) is 19.4 Å². The van der Waals surface area contributed by atoms with E-state index in [0.717, 1.165) is 33.5 Å². The molecular formula is C16H17N4OTl. The predicted octanol–water partition coefficient (Wildman–Crippen LogP) is 2.49. The first-order valence-corrected chi connectivity index (χ1v) is 8.98. The fourth-order valence-electron chi connectivity index (χ4n) is 2.38. The zero-order valence-corrected chi connectivity index (χ0v) is 17.4. The molecular weight excluding hydrogens is 469 g/mol. The van der Waals surface area contributed by atoms with E-state index in [1.807, 2.05) is 46.7 Å². The molecule has 2 N–H and O–H groups in total. The fraction of sp³-hybridized carbons (Fsp3) is 0.250. The summed E-state index contributed by atoms with van der Waals surface area (Å²) in [5, 5.41) is 5.80. The van der Waals surface area contributed by atoms with Gasteiger partial charge in [0.15, 0.2) is 0 Å². The average Bonchev–Trinajstić information content (AvgIpc) is 2.84. The third-order valence-corrected chi connectivity index (χ3v) is 5.42. The van der Waals surface area contributed by atoms with Crippen LogP contribution in [0.4, 0.5) is 5.69 Å². The molecule has 0 bridgehead atoms. The molecule has 0 aliphatic rings. The van der Waals surface area contributed by atoms with Crippen molar-refractivity contribution in [3.05, 3.63) is 42.2 Å². The number of nitrogens with zero attached hydrogens (tertiary/aromatic N) is 3. The minimum absolute atomic E-state index is 0.434. The van der Waals surface area contributed by atoms with Crippen LogP contribution in [0.5, 0.6) is 0 Å². The summed E-state index contributed by atoms with van der Waals surface area (Å²) in [5.74, 6) is 0. The topological polar surface area (TPSA) is 66.0 Å². The Morgan fingerprint density at radius 3 is 2.73 bits per heavy atom. The molecule has 110 valence electrons. The second kappa shape index (κ2) is 5.62. The summed E-state index contributed by atoms with van der Waals surface area (Å²) in [6.45, 7) is 4.00.